The Balaban J connectivity index is 2.68. The van der Waals surface area contributed by atoms with Gasteiger partial charge in [0.05, 0.1) is 0 Å². The predicted molar refractivity (Wildman–Crippen MR) is 75.5 cm³/mol. The van der Waals surface area contributed by atoms with Gasteiger partial charge in [0, 0.05) is 12.0 Å². The summed E-state index contributed by atoms with van der Waals surface area (Å²) in [6.45, 7) is 11.7. The number of nitrogens with one attached hydrogen (secondary N) is 1. The lowest BCUT2D eigenvalue weighted by Gasteiger charge is -2.28. The fourth-order valence-corrected chi connectivity index (χ4v) is 2.30. The maximum Gasteiger partial charge on any atom is 0.00432 e. The molecule has 1 aromatic carbocycles. The third-order valence-corrected chi connectivity index (χ3v) is 3.24. The van der Waals surface area contributed by atoms with Crippen LogP contribution in [0.4, 0.5) is 0 Å². The van der Waals surface area contributed by atoms with Crippen molar-refractivity contribution in [2.75, 3.05) is 19.6 Å². The first-order valence-electron chi connectivity index (χ1n) is 6.46. The molecule has 0 aliphatic carbocycles. The van der Waals surface area contributed by atoms with Crippen LogP contribution in [-0.4, -0.2) is 19.6 Å². The first-order valence-corrected chi connectivity index (χ1v) is 6.46. The number of aryl methyl sites for hydroxylation is 2. The summed E-state index contributed by atoms with van der Waals surface area (Å²) in [6.07, 6.45) is 1.04. The van der Waals surface area contributed by atoms with Gasteiger partial charge in [-0.2, -0.15) is 0 Å². The van der Waals surface area contributed by atoms with Crippen LogP contribution < -0.4 is 11.1 Å². The van der Waals surface area contributed by atoms with E-state index in [1.807, 2.05) is 0 Å². The van der Waals surface area contributed by atoms with Gasteiger partial charge >= 0.3 is 0 Å². The molecule has 0 saturated heterocycles. The molecule has 3 N–H and O–H groups in total. The molecule has 0 radical (unpaired) electrons. The molecule has 0 unspecified atom stereocenters. The topological polar surface area (TPSA) is 38.0 Å². The van der Waals surface area contributed by atoms with Crippen molar-refractivity contribution in [3.63, 3.8) is 0 Å². The lowest BCUT2D eigenvalue weighted by Crippen LogP contribution is -2.34. The molecule has 0 bridgehead atoms. The monoisotopic (exact) mass is 234 g/mol. The molecule has 0 amide bonds. The molecule has 1 aromatic rings. The Kier molecular flexibility index (Phi) is 5.16. The zero-order valence-electron chi connectivity index (χ0n) is 11.6. The molecule has 0 atom stereocenters. The molecule has 0 spiro atoms. The quantitative estimate of drug-likeness (QED) is 0.742. The first-order chi connectivity index (χ1) is 7.97. The van der Waals surface area contributed by atoms with Gasteiger partial charge in [0.2, 0.25) is 0 Å². The van der Waals surface area contributed by atoms with E-state index >= 15 is 0 Å². The van der Waals surface area contributed by atoms with E-state index in [4.69, 9.17) is 5.73 Å². The molecule has 0 aromatic heterocycles. The van der Waals surface area contributed by atoms with E-state index in [2.05, 4.69) is 51.2 Å². The summed E-state index contributed by atoms with van der Waals surface area (Å²) < 4.78 is 0. The third kappa shape index (κ3) is 4.14. The summed E-state index contributed by atoms with van der Waals surface area (Å²) in [6, 6.07) is 6.72. The lowest BCUT2D eigenvalue weighted by molar-refractivity contribution is 0.465. The Morgan fingerprint density at radius 3 is 2.53 bits per heavy atom. The minimum absolute atomic E-state index is 0.173. The first kappa shape index (κ1) is 14.2. The van der Waals surface area contributed by atoms with E-state index in [1.54, 1.807) is 0 Å². The van der Waals surface area contributed by atoms with Crippen molar-refractivity contribution in [3.8, 4) is 0 Å². The molecule has 1 rings (SSSR count). The van der Waals surface area contributed by atoms with Gasteiger partial charge in [-0.05, 0) is 44.5 Å². The maximum absolute atomic E-state index is 5.49. The fraction of sp³-hybridized carbons (Fsp3) is 0.600. The van der Waals surface area contributed by atoms with Gasteiger partial charge in [-0.1, -0.05) is 37.6 Å². The molecule has 0 saturated carbocycles. The highest BCUT2D eigenvalue weighted by atomic mass is 14.9. The van der Waals surface area contributed by atoms with Crippen LogP contribution in [0.15, 0.2) is 18.2 Å². The highest BCUT2D eigenvalue weighted by molar-refractivity contribution is 5.35. The van der Waals surface area contributed by atoms with Crippen LogP contribution in [0.25, 0.3) is 0 Å². The third-order valence-electron chi connectivity index (χ3n) is 3.24. The summed E-state index contributed by atoms with van der Waals surface area (Å²) in [5.74, 6) is 0. The van der Waals surface area contributed by atoms with Gasteiger partial charge in [0.1, 0.15) is 0 Å². The molecule has 96 valence electrons. The second-order valence-corrected chi connectivity index (χ2v) is 5.52. The summed E-state index contributed by atoms with van der Waals surface area (Å²) in [4.78, 5) is 0. The van der Waals surface area contributed by atoms with Crippen LogP contribution >= 0.6 is 0 Å². The summed E-state index contributed by atoms with van der Waals surface area (Å²) >= 11 is 0. The van der Waals surface area contributed by atoms with Crippen molar-refractivity contribution in [1.29, 1.82) is 0 Å². The molecule has 0 aliphatic heterocycles. The van der Waals surface area contributed by atoms with Crippen molar-refractivity contribution in [2.24, 2.45) is 5.73 Å². The number of hydrogen-bond donors (Lipinski definition) is 2. The highest BCUT2D eigenvalue weighted by Gasteiger charge is 2.21. The number of hydrogen-bond acceptors (Lipinski definition) is 2. The van der Waals surface area contributed by atoms with Crippen LogP contribution in [-0.2, 0) is 5.41 Å². The van der Waals surface area contributed by atoms with Gasteiger partial charge < -0.3 is 11.1 Å². The zero-order chi connectivity index (χ0) is 12.9. The smallest absolute Gasteiger partial charge is 0.00432 e. The Bertz CT molecular complexity index is 356. The van der Waals surface area contributed by atoms with Crippen molar-refractivity contribution < 1.29 is 0 Å². The predicted octanol–water partition coefficient (Wildman–Crippen LogP) is 2.52. The van der Waals surface area contributed by atoms with Crippen molar-refractivity contribution in [1.82, 2.24) is 5.32 Å². The molecular weight excluding hydrogens is 208 g/mol. The van der Waals surface area contributed by atoms with Gasteiger partial charge in [0.15, 0.2) is 0 Å². The van der Waals surface area contributed by atoms with E-state index in [-0.39, 0.29) is 5.41 Å². The summed E-state index contributed by atoms with van der Waals surface area (Å²) in [5, 5.41) is 3.49. The summed E-state index contributed by atoms with van der Waals surface area (Å²) in [7, 11) is 0. The molecule has 2 nitrogen and oxygen atoms in total. The number of nitrogens with two attached hydrogens (primary N) is 1. The van der Waals surface area contributed by atoms with Crippen LogP contribution in [0.2, 0.25) is 0 Å². The van der Waals surface area contributed by atoms with Crippen LogP contribution in [0.5, 0.6) is 0 Å². The molecule has 17 heavy (non-hydrogen) atoms. The zero-order valence-corrected chi connectivity index (χ0v) is 11.6. The van der Waals surface area contributed by atoms with Gasteiger partial charge in [0.25, 0.3) is 0 Å². The van der Waals surface area contributed by atoms with Crippen molar-refractivity contribution in [2.45, 2.75) is 39.5 Å². The Morgan fingerprint density at radius 1 is 1.24 bits per heavy atom. The normalized spacial score (nSPS) is 11.8. The standard InChI is InChI=1S/C15H26N2/c1-12-6-7-14(13(2)10-12)15(3,4)11-17-9-5-8-16/h6-7,10,17H,5,8-9,11,16H2,1-4H3. The highest BCUT2D eigenvalue weighted by Crippen LogP contribution is 2.26. The van der Waals surface area contributed by atoms with Crippen molar-refractivity contribution >= 4 is 0 Å². The van der Waals surface area contributed by atoms with Gasteiger partial charge in [-0.3, -0.25) is 0 Å². The Labute approximate surface area is 106 Å². The fourth-order valence-electron chi connectivity index (χ4n) is 2.30. The van der Waals surface area contributed by atoms with E-state index in [1.165, 1.54) is 16.7 Å². The van der Waals surface area contributed by atoms with E-state index < -0.39 is 0 Å². The van der Waals surface area contributed by atoms with Crippen LogP contribution in [0, 0.1) is 13.8 Å². The van der Waals surface area contributed by atoms with E-state index in [9.17, 15) is 0 Å². The Morgan fingerprint density at radius 2 is 1.94 bits per heavy atom. The maximum atomic E-state index is 5.49. The molecule has 0 aliphatic rings. The minimum Gasteiger partial charge on any atom is -0.330 e. The van der Waals surface area contributed by atoms with E-state index in [0.717, 1.165) is 26.1 Å². The van der Waals surface area contributed by atoms with Crippen LogP contribution in [0.3, 0.4) is 0 Å². The largest absolute Gasteiger partial charge is 0.330 e. The average molecular weight is 234 g/mol. The molecule has 0 heterocycles. The number of benzene rings is 1. The molecule has 0 fully saturated rings. The second kappa shape index (κ2) is 6.18. The average Bonchev–Trinajstić information content (AvgIpc) is 2.24. The lowest BCUT2D eigenvalue weighted by atomic mass is 9.81. The number of rotatable bonds is 6. The minimum atomic E-state index is 0.173. The van der Waals surface area contributed by atoms with Gasteiger partial charge in [-0.15, -0.1) is 0 Å². The second-order valence-electron chi connectivity index (χ2n) is 5.52. The summed E-state index contributed by atoms with van der Waals surface area (Å²) in [5.41, 5.74) is 9.81. The van der Waals surface area contributed by atoms with Crippen LogP contribution in [0.1, 0.15) is 37.0 Å². The SMILES string of the molecule is Cc1ccc(C(C)(C)CNCCCN)c(C)c1. The van der Waals surface area contributed by atoms with Crippen molar-refractivity contribution in [3.05, 3.63) is 34.9 Å². The van der Waals surface area contributed by atoms with E-state index in [0.29, 0.717) is 0 Å². The molecule has 2 heteroatoms. The molecular formula is C15H26N2. The van der Waals surface area contributed by atoms with Gasteiger partial charge in [-0.25, -0.2) is 0 Å². The Hall–Kier alpha value is -0.860.